The van der Waals surface area contributed by atoms with Gasteiger partial charge < -0.3 is 9.84 Å². The van der Waals surface area contributed by atoms with Gasteiger partial charge in [0.15, 0.2) is 0 Å². The highest BCUT2D eigenvalue weighted by Gasteiger charge is 2.08. The summed E-state index contributed by atoms with van der Waals surface area (Å²) in [6.45, 7) is 0. The van der Waals surface area contributed by atoms with Crippen LogP contribution in [0.5, 0.6) is 11.5 Å². The monoisotopic (exact) mass is 199 g/mol. The van der Waals surface area contributed by atoms with Gasteiger partial charge in [-0.2, -0.15) is 0 Å². The molecule has 2 aromatic rings. The standard InChI is InChI=1S/C13H11O2/c1-15-13-9-5-3-7-11(13)10-6-2-4-8-12(10)14/h2-6,8-9,14H,1H3. The molecule has 0 amide bonds. The zero-order chi connectivity index (χ0) is 10.7. The summed E-state index contributed by atoms with van der Waals surface area (Å²) < 4.78 is 5.21. The van der Waals surface area contributed by atoms with Crippen molar-refractivity contribution in [1.29, 1.82) is 0 Å². The maximum absolute atomic E-state index is 9.71. The molecule has 0 bridgehead atoms. The molecule has 75 valence electrons. The molecule has 2 aromatic carbocycles. The Morgan fingerprint density at radius 3 is 2.67 bits per heavy atom. The zero-order valence-corrected chi connectivity index (χ0v) is 8.40. The van der Waals surface area contributed by atoms with Gasteiger partial charge in [0.2, 0.25) is 0 Å². The van der Waals surface area contributed by atoms with E-state index in [0.29, 0.717) is 5.75 Å². The SMILES string of the molecule is COc1ccc[c]c1-c1ccccc1O. The third-order valence-electron chi connectivity index (χ3n) is 2.21. The van der Waals surface area contributed by atoms with Gasteiger partial charge in [0.25, 0.3) is 0 Å². The first kappa shape index (κ1) is 9.59. The van der Waals surface area contributed by atoms with Crippen LogP contribution in [0.25, 0.3) is 11.1 Å². The molecule has 2 heteroatoms. The van der Waals surface area contributed by atoms with E-state index in [9.17, 15) is 5.11 Å². The summed E-state index contributed by atoms with van der Waals surface area (Å²) >= 11 is 0. The maximum atomic E-state index is 9.71. The number of rotatable bonds is 2. The Morgan fingerprint density at radius 1 is 1.13 bits per heavy atom. The van der Waals surface area contributed by atoms with E-state index in [4.69, 9.17) is 4.74 Å². The average Bonchev–Trinajstić information content (AvgIpc) is 2.30. The quantitative estimate of drug-likeness (QED) is 0.805. The van der Waals surface area contributed by atoms with Crippen molar-refractivity contribution in [2.45, 2.75) is 0 Å². The summed E-state index contributed by atoms with van der Waals surface area (Å²) in [5, 5.41) is 9.71. The minimum Gasteiger partial charge on any atom is -0.507 e. The van der Waals surface area contributed by atoms with Gasteiger partial charge in [-0.25, -0.2) is 0 Å². The molecule has 0 saturated heterocycles. The second-order valence-corrected chi connectivity index (χ2v) is 3.13. The van der Waals surface area contributed by atoms with E-state index in [1.165, 1.54) is 0 Å². The molecule has 0 aliphatic heterocycles. The van der Waals surface area contributed by atoms with Crippen molar-refractivity contribution in [3.05, 3.63) is 48.5 Å². The largest absolute Gasteiger partial charge is 0.507 e. The van der Waals surface area contributed by atoms with Gasteiger partial charge in [-0.15, -0.1) is 0 Å². The highest BCUT2D eigenvalue weighted by atomic mass is 16.5. The number of phenolic OH excluding ortho intramolecular Hbond substituents is 1. The summed E-state index contributed by atoms with van der Waals surface area (Å²) in [6.07, 6.45) is 0. The lowest BCUT2D eigenvalue weighted by Crippen LogP contribution is -1.87. The molecule has 2 rings (SSSR count). The highest BCUT2D eigenvalue weighted by molar-refractivity contribution is 5.74. The van der Waals surface area contributed by atoms with Gasteiger partial charge >= 0.3 is 0 Å². The Bertz CT molecular complexity index is 464. The summed E-state index contributed by atoms with van der Waals surface area (Å²) in [6, 6.07) is 15.7. The van der Waals surface area contributed by atoms with Gasteiger partial charge in [-0.3, -0.25) is 0 Å². The number of hydrogen-bond acceptors (Lipinski definition) is 2. The summed E-state index contributed by atoms with van der Waals surface area (Å²) in [4.78, 5) is 0. The second kappa shape index (κ2) is 4.05. The minimum absolute atomic E-state index is 0.234. The molecule has 0 aliphatic rings. The predicted octanol–water partition coefficient (Wildman–Crippen LogP) is 2.87. The van der Waals surface area contributed by atoms with Crippen LogP contribution in [0.4, 0.5) is 0 Å². The molecule has 0 atom stereocenters. The molecule has 0 aromatic heterocycles. The van der Waals surface area contributed by atoms with Crippen LogP contribution in [0, 0.1) is 6.07 Å². The van der Waals surface area contributed by atoms with Crippen molar-refractivity contribution in [2.75, 3.05) is 7.11 Å². The molecule has 0 fully saturated rings. The number of para-hydroxylation sites is 1. The zero-order valence-electron chi connectivity index (χ0n) is 8.40. The second-order valence-electron chi connectivity index (χ2n) is 3.13. The van der Waals surface area contributed by atoms with E-state index >= 15 is 0 Å². The number of benzene rings is 2. The third-order valence-corrected chi connectivity index (χ3v) is 2.21. The van der Waals surface area contributed by atoms with Crippen LogP contribution in [0.2, 0.25) is 0 Å². The molecule has 1 N–H and O–H groups in total. The molecule has 0 aliphatic carbocycles. The van der Waals surface area contributed by atoms with Crippen molar-refractivity contribution in [1.82, 2.24) is 0 Å². The van der Waals surface area contributed by atoms with E-state index in [1.807, 2.05) is 24.3 Å². The maximum Gasteiger partial charge on any atom is 0.127 e. The Labute approximate surface area is 88.8 Å². The average molecular weight is 199 g/mol. The van der Waals surface area contributed by atoms with Crippen molar-refractivity contribution in [3.63, 3.8) is 0 Å². The summed E-state index contributed by atoms with van der Waals surface area (Å²) in [7, 11) is 1.60. The van der Waals surface area contributed by atoms with E-state index in [2.05, 4.69) is 6.07 Å². The number of aromatic hydroxyl groups is 1. The van der Waals surface area contributed by atoms with Crippen molar-refractivity contribution in [2.24, 2.45) is 0 Å². The first-order valence-electron chi connectivity index (χ1n) is 4.66. The summed E-state index contributed by atoms with van der Waals surface area (Å²) in [5.41, 5.74) is 1.51. The minimum atomic E-state index is 0.234. The summed E-state index contributed by atoms with van der Waals surface area (Å²) in [5.74, 6) is 0.942. The van der Waals surface area contributed by atoms with Crippen molar-refractivity contribution in [3.8, 4) is 22.6 Å². The first-order chi connectivity index (χ1) is 7.33. The third kappa shape index (κ3) is 1.79. The first-order valence-corrected chi connectivity index (χ1v) is 4.66. The van der Waals surface area contributed by atoms with Crippen LogP contribution in [0.1, 0.15) is 0 Å². The topological polar surface area (TPSA) is 29.5 Å². The Balaban J connectivity index is 2.59. The lowest BCUT2D eigenvalue weighted by molar-refractivity contribution is 0.415. The molecule has 2 nitrogen and oxygen atoms in total. The fourth-order valence-electron chi connectivity index (χ4n) is 1.49. The van der Waals surface area contributed by atoms with Crippen LogP contribution >= 0.6 is 0 Å². The molecular weight excluding hydrogens is 188 g/mol. The lowest BCUT2D eigenvalue weighted by Gasteiger charge is -2.08. The lowest BCUT2D eigenvalue weighted by atomic mass is 10.0. The molecule has 1 radical (unpaired) electrons. The number of phenols is 1. The normalized spacial score (nSPS) is 9.93. The van der Waals surface area contributed by atoms with E-state index in [1.54, 1.807) is 25.3 Å². The Kier molecular flexibility index (Phi) is 2.59. The molecule has 15 heavy (non-hydrogen) atoms. The number of hydrogen-bond donors (Lipinski definition) is 1. The highest BCUT2D eigenvalue weighted by Crippen LogP contribution is 2.34. The molecular formula is C13H11O2. The smallest absolute Gasteiger partial charge is 0.127 e. The van der Waals surface area contributed by atoms with Gasteiger partial charge in [0.05, 0.1) is 7.11 Å². The molecule has 0 spiro atoms. The van der Waals surface area contributed by atoms with Gasteiger partial charge in [0.1, 0.15) is 11.5 Å². The fourth-order valence-corrected chi connectivity index (χ4v) is 1.49. The predicted molar refractivity (Wildman–Crippen MR) is 58.9 cm³/mol. The van der Waals surface area contributed by atoms with Crippen LogP contribution in [0.15, 0.2) is 42.5 Å². The molecule has 0 unspecified atom stereocenters. The van der Waals surface area contributed by atoms with Gasteiger partial charge in [-0.1, -0.05) is 30.3 Å². The van der Waals surface area contributed by atoms with Crippen LogP contribution in [-0.2, 0) is 0 Å². The van der Waals surface area contributed by atoms with Crippen LogP contribution < -0.4 is 4.74 Å². The van der Waals surface area contributed by atoms with Crippen LogP contribution in [0.3, 0.4) is 0 Å². The van der Waals surface area contributed by atoms with Crippen molar-refractivity contribution < 1.29 is 9.84 Å². The Hall–Kier alpha value is -1.96. The Morgan fingerprint density at radius 2 is 1.93 bits per heavy atom. The van der Waals surface area contributed by atoms with Crippen LogP contribution in [-0.4, -0.2) is 12.2 Å². The molecule has 0 saturated carbocycles. The number of ether oxygens (including phenoxy) is 1. The van der Waals surface area contributed by atoms with E-state index in [0.717, 1.165) is 11.1 Å². The molecule has 0 heterocycles. The van der Waals surface area contributed by atoms with Gasteiger partial charge in [-0.05, 0) is 18.2 Å². The van der Waals surface area contributed by atoms with Gasteiger partial charge in [0, 0.05) is 11.1 Å². The number of methoxy groups -OCH3 is 1. The fraction of sp³-hybridized carbons (Fsp3) is 0.0769. The van der Waals surface area contributed by atoms with E-state index in [-0.39, 0.29) is 5.75 Å². The van der Waals surface area contributed by atoms with Crippen molar-refractivity contribution >= 4 is 0 Å². The van der Waals surface area contributed by atoms with E-state index < -0.39 is 0 Å².